The molecule has 5 nitrogen and oxygen atoms in total. The molecule has 0 aliphatic carbocycles. The third kappa shape index (κ3) is 4.25. The molecular formula is C18H25ClN4OS. The van der Waals surface area contributed by atoms with Gasteiger partial charge in [-0.3, -0.25) is 0 Å². The van der Waals surface area contributed by atoms with Crippen LogP contribution in [0.1, 0.15) is 19.3 Å². The van der Waals surface area contributed by atoms with E-state index >= 15 is 0 Å². The molecule has 0 unspecified atom stereocenters. The molecular weight excluding hydrogens is 356 g/mol. The number of nitrogens with one attached hydrogen (secondary N) is 2. The highest BCUT2D eigenvalue weighted by molar-refractivity contribution is 7.99. The Kier molecular flexibility index (Phi) is 5.70. The molecule has 2 N–H and O–H groups in total. The Balaban J connectivity index is 1.42. The van der Waals surface area contributed by atoms with Crippen LogP contribution in [0.2, 0.25) is 5.02 Å². The predicted octanol–water partition coefficient (Wildman–Crippen LogP) is 3.53. The zero-order chi connectivity index (χ0) is 17.1. The fourth-order valence-corrected chi connectivity index (χ4v) is 4.84. The average molecular weight is 381 g/mol. The number of fused-ring (bicyclic) bond motifs is 1. The van der Waals surface area contributed by atoms with E-state index in [2.05, 4.69) is 21.3 Å². The number of aromatic amines is 1. The molecule has 0 saturated carbocycles. The molecule has 1 aromatic carbocycles. The van der Waals surface area contributed by atoms with Crippen LogP contribution < -0.4 is 10.2 Å². The highest BCUT2D eigenvalue weighted by atomic mass is 35.5. The molecule has 1 aromatic heterocycles. The Hall–Kier alpha value is -0.950. The molecule has 2 saturated heterocycles. The number of piperazine rings is 1. The first kappa shape index (κ1) is 17.5. The summed E-state index contributed by atoms with van der Waals surface area (Å²) in [6.45, 7) is 5.83. The van der Waals surface area contributed by atoms with E-state index in [0.717, 1.165) is 78.0 Å². The van der Waals surface area contributed by atoms with Gasteiger partial charge < -0.3 is 19.9 Å². The molecule has 4 rings (SSSR count). The van der Waals surface area contributed by atoms with Crippen molar-refractivity contribution in [3.63, 3.8) is 0 Å². The van der Waals surface area contributed by atoms with Crippen LogP contribution in [0.25, 0.3) is 11.0 Å². The minimum absolute atomic E-state index is 0.803. The number of nitrogens with zero attached hydrogens (tertiary/aromatic N) is 2. The topological polar surface area (TPSA) is 53.2 Å². The third-order valence-corrected chi connectivity index (χ3v) is 6.30. The number of hydrogen-bond acceptors (Lipinski definition) is 5. The van der Waals surface area contributed by atoms with Crippen LogP contribution in [-0.2, 0) is 4.74 Å². The van der Waals surface area contributed by atoms with Gasteiger partial charge in [-0.15, -0.1) is 0 Å². The monoisotopic (exact) mass is 380 g/mol. The third-order valence-electron chi connectivity index (χ3n) is 5.09. The van der Waals surface area contributed by atoms with Crippen molar-refractivity contribution in [2.75, 3.05) is 50.0 Å². The largest absolute Gasteiger partial charge is 0.381 e. The highest BCUT2D eigenvalue weighted by Crippen LogP contribution is 2.32. The number of anilines is 1. The second-order valence-electron chi connectivity index (χ2n) is 6.79. The molecule has 136 valence electrons. The molecule has 7 heteroatoms. The standard InChI is InChI=1S/C18H25ClN4OS/c19-14-11-15-16(12-17(14)23-6-4-20-5-7-23)22-18(21-15)25-10-3-13-1-8-24-9-2-13/h11-13,20H,1-10H2,(H,21,22). The van der Waals surface area contributed by atoms with E-state index in [1.807, 2.05) is 17.8 Å². The Morgan fingerprint density at radius 1 is 1.24 bits per heavy atom. The number of thioether (sulfide) groups is 1. The summed E-state index contributed by atoms with van der Waals surface area (Å²) in [5, 5.41) is 5.18. The normalized spacial score (nSPS) is 19.6. The van der Waals surface area contributed by atoms with Crippen LogP contribution in [0.4, 0.5) is 5.69 Å². The lowest BCUT2D eigenvalue weighted by Crippen LogP contribution is -2.43. The quantitative estimate of drug-likeness (QED) is 0.777. The van der Waals surface area contributed by atoms with Crippen molar-refractivity contribution in [2.45, 2.75) is 24.4 Å². The van der Waals surface area contributed by atoms with Gasteiger partial charge in [0, 0.05) is 45.1 Å². The van der Waals surface area contributed by atoms with E-state index in [1.165, 1.54) is 19.3 Å². The van der Waals surface area contributed by atoms with E-state index in [9.17, 15) is 0 Å². The van der Waals surface area contributed by atoms with Crippen LogP contribution in [0.5, 0.6) is 0 Å². The molecule has 2 aliphatic heterocycles. The lowest BCUT2D eigenvalue weighted by molar-refractivity contribution is 0.0657. The Bertz CT molecular complexity index is 710. The van der Waals surface area contributed by atoms with Gasteiger partial charge in [-0.25, -0.2) is 4.98 Å². The maximum absolute atomic E-state index is 6.52. The van der Waals surface area contributed by atoms with Crippen molar-refractivity contribution >= 4 is 40.1 Å². The summed E-state index contributed by atoms with van der Waals surface area (Å²) < 4.78 is 5.43. The molecule has 2 aliphatic rings. The molecule has 0 amide bonds. The summed E-state index contributed by atoms with van der Waals surface area (Å²) in [6.07, 6.45) is 3.63. The van der Waals surface area contributed by atoms with E-state index in [1.54, 1.807) is 0 Å². The Morgan fingerprint density at radius 3 is 2.84 bits per heavy atom. The first-order valence-electron chi connectivity index (χ1n) is 9.15. The number of H-pyrrole nitrogens is 1. The maximum Gasteiger partial charge on any atom is 0.166 e. The van der Waals surface area contributed by atoms with Crippen LogP contribution in [0.3, 0.4) is 0 Å². The SMILES string of the molecule is Clc1cc2[nH]c(SCCC3CCOCC3)nc2cc1N1CCNCC1. The van der Waals surface area contributed by atoms with E-state index in [0.29, 0.717) is 0 Å². The van der Waals surface area contributed by atoms with Crippen molar-refractivity contribution in [3.8, 4) is 0 Å². The fourth-order valence-electron chi connectivity index (χ4n) is 3.57. The van der Waals surface area contributed by atoms with E-state index < -0.39 is 0 Å². The highest BCUT2D eigenvalue weighted by Gasteiger charge is 2.17. The van der Waals surface area contributed by atoms with Crippen molar-refractivity contribution < 1.29 is 4.74 Å². The molecule has 0 spiro atoms. The van der Waals surface area contributed by atoms with Crippen LogP contribution in [-0.4, -0.2) is 55.1 Å². The number of rotatable bonds is 5. The van der Waals surface area contributed by atoms with E-state index in [4.69, 9.17) is 21.3 Å². The Labute approximate surface area is 157 Å². The van der Waals surface area contributed by atoms with Gasteiger partial charge >= 0.3 is 0 Å². The summed E-state index contributed by atoms with van der Waals surface area (Å²) >= 11 is 8.34. The second-order valence-corrected chi connectivity index (χ2v) is 8.28. The fraction of sp³-hybridized carbons (Fsp3) is 0.611. The molecule has 25 heavy (non-hydrogen) atoms. The minimum Gasteiger partial charge on any atom is -0.381 e. The number of aromatic nitrogens is 2. The Morgan fingerprint density at radius 2 is 2.04 bits per heavy atom. The smallest absolute Gasteiger partial charge is 0.166 e. The van der Waals surface area contributed by atoms with Crippen molar-refractivity contribution in [2.24, 2.45) is 5.92 Å². The second kappa shape index (κ2) is 8.16. The number of ether oxygens (including phenoxy) is 1. The number of benzene rings is 1. The molecule has 0 atom stereocenters. The van der Waals surface area contributed by atoms with Gasteiger partial charge in [-0.1, -0.05) is 23.4 Å². The predicted molar refractivity (Wildman–Crippen MR) is 105 cm³/mol. The van der Waals surface area contributed by atoms with Crippen LogP contribution >= 0.6 is 23.4 Å². The average Bonchev–Trinajstić information content (AvgIpc) is 3.04. The van der Waals surface area contributed by atoms with Gasteiger partial charge in [0.1, 0.15) is 0 Å². The van der Waals surface area contributed by atoms with Crippen molar-refractivity contribution in [1.82, 2.24) is 15.3 Å². The molecule has 2 fully saturated rings. The molecule has 3 heterocycles. The summed E-state index contributed by atoms with van der Waals surface area (Å²) in [6, 6.07) is 4.14. The lowest BCUT2D eigenvalue weighted by Gasteiger charge is -2.30. The van der Waals surface area contributed by atoms with Gasteiger partial charge in [0.2, 0.25) is 0 Å². The van der Waals surface area contributed by atoms with Crippen LogP contribution in [0.15, 0.2) is 17.3 Å². The van der Waals surface area contributed by atoms with Gasteiger partial charge in [-0.05, 0) is 37.3 Å². The molecule has 0 bridgehead atoms. The number of halogens is 1. The van der Waals surface area contributed by atoms with Gasteiger partial charge in [0.15, 0.2) is 5.16 Å². The van der Waals surface area contributed by atoms with Crippen molar-refractivity contribution in [1.29, 1.82) is 0 Å². The summed E-state index contributed by atoms with van der Waals surface area (Å²) in [4.78, 5) is 10.5. The molecule has 0 radical (unpaired) electrons. The first-order valence-corrected chi connectivity index (χ1v) is 10.5. The zero-order valence-corrected chi connectivity index (χ0v) is 16.0. The maximum atomic E-state index is 6.52. The van der Waals surface area contributed by atoms with Gasteiger partial charge in [0.05, 0.1) is 21.7 Å². The first-order chi connectivity index (χ1) is 12.3. The van der Waals surface area contributed by atoms with Crippen LogP contribution in [0, 0.1) is 5.92 Å². The zero-order valence-electron chi connectivity index (χ0n) is 14.4. The van der Waals surface area contributed by atoms with Gasteiger partial charge in [-0.2, -0.15) is 0 Å². The van der Waals surface area contributed by atoms with Gasteiger partial charge in [0.25, 0.3) is 0 Å². The van der Waals surface area contributed by atoms with E-state index in [-0.39, 0.29) is 0 Å². The minimum atomic E-state index is 0.803. The molecule has 2 aromatic rings. The summed E-state index contributed by atoms with van der Waals surface area (Å²) in [5.74, 6) is 1.91. The number of hydrogen-bond donors (Lipinski definition) is 2. The van der Waals surface area contributed by atoms with Crippen molar-refractivity contribution in [3.05, 3.63) is 17.2 Å². The summed E-state index contributed by atoms with van der Waals surface area (Å²) in [5.41, 5.74) is 3.13. The lowest BCUT2D eigenvalue weighted by atomic mass is 9.98. The number of imidazole rings is 1. The summed E-state index contributed by atoms with van der Waals surface area (Å²) in [7, 11) is 0.